The molecule has 2 heterocycles. The van der Waals surface area contributed by atoms with E-state index in [1.165, 1.54) is 11.8 Å². The molecule has 2 amide bonds. The van der Waals surface area contributed by atoms with Gasteiger partial charge >= 0.3 is 0 Å². The van der Waals surface area contributed by atoms with Crippen LogP contribution >= 0.6 is 11.8 Å². The number of likely N-dealkylation sites (tertiary alicyclic amines) is 1. The van der Waals surface area contributed by atoms with Crippen LogP contribution in [0.15, 0.2) is 10.6 Å². The van der Waals surface area contributed by atoms with Crippen molar-refractivity contribution in [2.75, 3.05) is 18.8 Å². The van der Waals surface area contributed by atoms with Crippen molar-refractivity contribution in [3.63, 3.8) is 0 Å². The third-order valence-electron chi connectivity index (χ3n) is 4.68. The summed E-state index contributed by atoms with van der Waals surface area (Å²) in [4.78, 5) is 26.3. The van der Waals surface area contributed by atoms with Crippen molar-refractivity contribution in [1.29, 1.82) is 10.5 Å². The Bertz CT molecular complexity index is 656. The lowest BCUT2D eigenvalue weighted by Gasteiger charge is -2.35. The number of carbonyl (C=O) groups is 2. The van der Waals surface area contributed by atoms with Crippen molar-refractivity contribution in [2.45, 2.75) is 33.6 Å². The lowest BCUT2D eigenvalue weighted by molar-refractivity contribution is -0.130. The van der Waals surface area contributed by atoms with E-state index < -0.39 is 17.2 Å². The molecule has 24 heavy (non-hydrogen) atoms. The summed E-state index contributed by atoms with van der Waals surface area (Å²) in [5, 5.41) is 21.7. The number of carbonyl (C=O) groups excluding carboxylic acids is 2. The maximum Gasteiger partial charge on any atom is 0.243 e. The highest BCUT2D eigenvalue weighted by Crippen LogP contribution is 2.41. The summed E-state index contributed by atoms with van der Waals surface area (Å²) in [5.41, 5.74) is -0.505. The Hall–Kier alpha value is -1.99. The van der Waals surface area contributed by atoms with Crippen molar-refractivity contribution >= 4 is 23.6 Å². The van der Waals surface area contributed by atoms with Gasteiger partial charge in [0, 0.05) is 18.5 Å². The fraction of sp³-hybridized carbons (Fsp3) is 0.647. The molecule has 1 fully saturated rings. The monoisotopic (exact) mass is 346 g/mol. The quantitative estimate of drug-likeness (QED) is 0.843. The number of nitrogens with one attached hydrogen (secondary N) is 1. The van der Waals surface area contributed by atoms with Crippen molar-refractivity contribution < 1.29 is 9.59 Å². The van der Waals surface area contributed by atoms with Crippen LogP contribution in [0.1, 0.15) is 33.6 Å². The molecule has 0 radical (unpaired) electrons. The predicted molar refractivity (Wildman–Crippen MR) is 91.1 cm³/mol. The second-order valence-corrected chi connectivity index (χ2v) is 7.95. The number of allylic oxidation sites excluding steroid dienone is 1. The number of amides is 2. The number of nitriles is 2. The van der Waals surface area contributed by atoms with Gasteiger partial charge in [-0.05, 0) is 18.8 Å². The van der Waals surface area contributed by atoms with E-state index in [2.05, 4.69) is 18.3 Å². The van der Waals surface area contributed by atoms with Gasteiger partial charge in [-0.25, -0.2) is 0 Å². The van der Waals surface area contributed by atoms with Gasteiger partial charge in [-0.2, -0.15) is 10.5 Å². The maximum atomic E-state index is 12.4. The number of hydrogen-bond donors (Lipinski definition) is 1. The lowest BCUT2D eigenvalue weighted by Crippen LogP contribution is -2.45. The fourth-order valence-electron chi connectivity index (χ4n) is 3.18. The van der Waals surface area contributed by atoms with E-state index in [0.717, 1.165) is 25.9 Å². The third kappa shape index (κ3) is 3.57. The van der Waals surface area contributed by atoms with Crippen molar-refractivity contribution in [2.24, 2.45) is 17.3 Å². The zero-order valence-corrected chi connectivity index (χ0v) is 15.1. The van der Waals surface area contributed by atoms with Gasteiger partial charge in [0.2, 0.25) is 11.8 Å². The molecule has 2 atom stereocenters. The molecule has 6 nitrogen and oxygen atoms in total. The molecule has 1 saturated heterocycles. The molecular formula is C17H22N4O2S. The average Bonchev–Trinajstić information content (AvgIpc) is 2.52. The summed E-state index contributed by atoms with van der Waals surface area (Å²) < 4.78 is 0. The highest BCUT2D eigenvalue weighted by atomic mass is 32.2. The van der Waals surface area contributed by atoms with E-state index in [-0.39, 0.29) is 11.7 Å². The minimum Gasteiger partial charge on any atom is -0.342 e. The van der Waals surface area contributed by atoms with E-state index in [4.69, 9.17) is 0 Å². The van der Waals surface area contributed by atoms with Gasteiger partial charge in [-0.15, -0.1) is 0 Å². The van der Waals surface area contributed by atoms with Crippen LogP contribution in [0.5, 0.6) is 0 Å². The molecule has 0 aromatic heterocycles. The number of thioether (sulfide) groups is 1. The summed E-state index contributed by atoms with van der Waals surface area (Å²) >= 11 is 1.18. The molecule has 2 aliphatic rings. The van der Waals surface area contributed by atoms with Gasteiger partial charge in [0.05, 0.1) is 28.5 Å². The first kappa shape index (κ1) is 18.4. The Labute approximate surface area is 146 Å². The third-order valence-corrected chi connectivity index (χ3v) is 5.67. The first-order valence-electron chi connectivity index (χ1n) is 8.07. The number of nitrogens with zero attached hydrogens (tertiary/aromatic N) is 3. The smallest absolute Gasteiger partial charge is 0.243 e. The minimum absolute atomic E-state index is 0.0193. The Morgan fingerprint density at radius 1 is 1.46 bits per heavy atom. The first-order chi connectivity index (χ1) is 11.3. The van der Waals surface area contributed by atoms with E-state index in [9.17, 15) is 20.1 Å². The molecule has 2 aliphatic heterocycles. The largest absolute Gasteiger partial charge is 0.342 e. The van der Waals surface area contributed by atoms with Crippen LogP contribution in [0.3, 0.4) is 0 Å². The Kier molecular flexibility index (Phi) is 5.56. The standard InChI is InChI=1S/C17H22N4O2S/c1-11-5-4-6-21(9-11)14(22)10-24-16-13(8-19)17(2,3)12(7-18)15(23)20-16/h11-12H,4-6,9-10H2,1-3H3,(H,20,23)/t11-,12-/m1/s1. The zero-order valence-electron chi connectivity index (χ0n) is 14.3. The summed E-state index contributed by atoms with van der Waals surface area (Å²) in [7, 11) is 0. The first-order valence-corrected chi connectivity index (χ1v) is 9.05. The Balaban J connectivity index is 2.12. The van der Waals surface area contributed by atoms with Crippen LogP contribution in [0, 0.1) is 39.9 Å². The number of hydrogen-bond acceptors (Lipinski definition) is 5. The van der Waals surface area contributed by atoms with Crippen molar-refractivity contribution in [3.05, 3.63) is 10.6 Å². The van der Waals surface area contributed by atoms with Crippen molar-refractivity contribution in [3.8, 4) is 12.1 Å². The lowest BCUT2D eigenvalue weighted by atomic mass is 9.72. The highest BCUT2D eigenvalue weighted by molar-refractivity contribution is 8.03. The van der Waals surface area contributed by atoms with Crippen LogP contribution in [0.4, 0.5) is 0 Å². The SMILES string of the molecule is C[C@@H]1CCCN(C(=O)CSC2=C(C#N)C(C)(C)[C@H](C#N)C(=O)N2)C1. The molecule has 0 aromatic carbocycles. The molecule has 0 unspecified atom stereocenters. The predicted octanol–water partition coefficient (Wildman–Crippen LogP) is 2.01. The summed E-state index contributed by atoms with van der Waals surface area (Å²) in [5.74, 6) is -0.615. The van der Waals surface area contributed by atoms with Gasteiger partial charge in [-0.1, -0.05) is 32.5 Å². The molecule has 128 valence electrons. The van der Waals surface area contributed by atoms with Crippen LogP contribution < -0.4 is 5.32 Å². The molecule has 0 bridgehead atoms. The van der Waals surface area contributed by atoms with Crippen molar-refractivity contribution in [1.82, 2.24) is 10.2 Å². The normalized spacial score (nSPS) is 26.4. The second-order valence-electron chi connectivity index (χ2n) is 6.96. The molecule has 0 spiro atoms. The summed E-state index contributed by atoms with van der Waals surface area (Å²) in [6.07, 6.45) is 2.15. The van der Waals surface area contributed by atoms with Crippen LogP contribution in [-0.4, -0.2) is 35.6 Å². The van der Waals surface area contributed by atoms with Gasteiger partial charge in [0.15, 0.2) is 0 Å². The molecule has 7 heteroatoms. The second kappa shape index (κ2) is 7.27. The topological polar surface area (TPSA) is 97.0 Å². The molecular weight excluding hydrogens is 324 g/mol. The van der Waals surface area contributed by atoms with Crippen LogP contribution in [-0.2, 0) is 9.59 Å². The van der Waals surface area contributed by atoms with Gasteiger partial charge < -0.3 is 10.2 Å². The van der Waals surface area contributed by atoms with E-state index in [0.29, 0.717) is 16.5 Å². The molecule has 0 aromatic rings. The number of piperidine rings is 1. The van der Waals surface area contributed by atoms with Crippen LogP contribution in [0.2, 0.25) is 0 Å². The van der Waals surface area contributed by atoms with E-state index in [1.54, 1.807) is 13.8 Å². The van der Waals surface area contributed by atoms with E-state index >= 15 is 0 Å². The summed E-state index contributed by atoms with van der Waals surface area (Å²) in [6, 6.07) is 4.08. The molecule has 0 saturated carbocycles. The summed E-state index contributed by atoms with van der Waals surface area (Å²) in [6.45, 7) is 7.09. The number of rotatable bonds is 3. The van der Waals surface area contributed by atoms with Crippen LogP contribution in [0.25, 0.3) is 0 Å². The average molecular weight is 346 g/mol. The highest BCUT2D eigenvalue weighted by Gasteiger charge is 2.44. The Morgan fingerprint density at radius 3 is 2.75 bits per heavy atom. The van der Waals surface area contributed by atoms with Gasteiger partial charge in [0.25, 0.3) is 0 Å². The van der Waals surface area contributed by atoms with Gasteiger partial charge in [0.1, 0.15) is 5.92 Å². The fourth-order valence-corrected chi connectivity index (χ4v) is 4.25. The molecule has 1 N–H and O–H groups in total. The molecule has 0 aliphatic carbocycles. The maximum absolute atomic E-state index is 12.4. The minimum atomic E-state index is -0.907. The van der Waals surface area contributed by atoms with E-state index in [1.807, 2.05) is 11.0 Å². The zero-order chi connectivity index (χ0) is 17.9. The Morgan fingerprint density at radius 2 is 2.17 bits per heavy atom. The van der Waals surface area contributed by atoms with Gasteiger partial charge in [-0.3, -0.25) is 9.59 Å². The molecule has 2 rings (SSSR count).